The molecule has 3 heterocycles. The van der Waals surface area contributed by atoms with E-state index in [1.807, 2.05) is 36.4 Å². The van der Waals surface area contributed by atoms with Crippen LogP contribution >= 0.6 is 0 Å². The minimum atomic E-state index is 0.0321. The number of ether oxygens (including phenoxy) is 1. The van der Waals surface area contributed by atoms with Gasteiger partial charge < -0.3 is 15.0 Å². The second-order valence-electron chi connectivity index (χ2n) is 6.10. The Labute approximate surface area is 148 Å². The first-order chi connectivity index (χ1) is 12.3. The van der Waals surface area contributed by atoms with Crippen LogP contribution in [0.25, 0.3) is 0 Å². The maximum absolute atomic E-state index is 5.92. The second-order valence-corrected chi connectivity index (χ2v) is 6.10. The van der Waals surface area contributed by atoms with Crippen LogP contribution in [0.4, 0.5) is 0 Å². The molecule has 1 fully saturated rings. The molecule has 7 nitrogen and oxygen atoms in total. The van der Waals surface area contributed by atoms with E-state index >= 15 is 0 Å². The lowest BCUT2D eigenvalue weighted by atomic mass is 10.1. The van der Waals surface area contributed by atoms with E-state index in [4.69, 9.17) is 9.73 Å². The predicted octanol–water partition coefficient (Wildman–Crippen LogP) is 1.40. The van der Waals surface area contributed by atoms with Gasteiger partial charge in [0.2, 0.25) is 0 Å². The van der Waals surface area contributed by atoms with Gasteiger partial charge in [-0.2, -0.15) is 5.10 Å². The zero-order valence-corrected chi connectivity index (χ0v) is 14.9. The van der Waals surface area contributed by atoms with Crippen LogP contribution in [0, 0.1) is 0 Å². The third-order valence-electron chi connectivity index (χ3n) is 4.18. The molecule has 2 aromatic heterocycles. The molecule has 1 aliphatic heterocycles. The summed E-state index contributed by atoms with van der Waals surface area (Å²) in [7, 11) is 1.92. The number of aryl methyl sites for hydroxylation is 1. The van der Waals surface area contributed by atoms with Crippen molar-refractivity contribution in [1.29, 1.82) is 0 Å². The summed E-state index contributed by atoms with van der Waals surface area (Å²) >= 11 is 0. The number of guanidine groups is 1. The molecule has 0 bridgehead atoms. The number of hydrogen-bond donors (Lipinski definition) is 1. The Hall–Kier alpha value is -2.41. The van der Waals surface area contributed by atoms with Gasteiger partial charge in [0.05, 0.1) is 19.3 Å². The number of pyridine rings is 1. The zero-order valence-electron chi connectivity index (χ0n) is 14.9. The number of nitrogens with one attached hydrogen (secondary N) is 1. The van der Waals surface area contributed by atoms with Gasteiger partial charge in [0, 0.05) is 50.8 Å². The monoisotopic (exact) mass is 342 g/mol. The molecule has 134 valence electrons. The van der Waals surface area contributed by atoms with Crippen molar-refractivity contribution in [3.63, 3.8) is 0 Å². The van der Waals surface area contributed by atoms with Crippen molar-refractivity contribution in [2.75, 3.05) is 32.8 Å². The van der Waals surface area contributed by atoms with Crippen LogP contribution in [0.5, 0.6) is 0 Å². The average Bonchev–Trinajstić information content (AvgIpc) is 3.08. The Morgan fingerprint density at radius 1 is 1.44 bits per heavy atom. The Morgan fingerprint density at radius 3 is 3.08 bits per heavy atom. The maximum atomic E-state index is 5.92. The van der Waals surface area contributed by atoms with Crippen LogP contribution in [-0.2, 0) is 18.2 Å². The molecule has 0 spiro atoms. The van der Waals surface area contributed by atoms with Crippen molar-refractivity contribution in [3.8, 4) is 0 Å². The third kappa shape index (κ3) is 4.79. The molecule has 0 aromatic carbocycles. The van der Waals surface area contributed by atoms with E-state index in [-0.39, 0.29) is 6.10 Å². The molecule has 7 heteroatoms. The van der Waals surface area contributed by atoms with Crippen LogP contribution in [0.15, 0.2) is 41.9 Å². The molecule has 0 aliphatic carbocycles. The molecule has 2 aromatic rings. The van der Waals surface area contributed by atoms with Gasteiger partial charge in [-0.1, -0.05) is 6.07 Å². The molecule has 0 saturated carbocycles. The van der Waals surface area contributed by atoms with Crippen molar-refractivity contribution in [1.82, 2.24) is 25.0 Å². The molecule has 1 N–H and O–H groups in total. The Balaban J connectivity index is 1.63. The average molecular weight is 342 g/mol. The molecule has 0 amide bonds. The predicted molar refractivity (Wildman–Crippen MR) is 97.4 cm³/mol. The molecule has 1 saturated heterocycles. The topological polar surface area (TPSA) is 67.6 Å². The quantitative estimate of drug-likeness (QED) is 0.657. The molecular formula is C18H26N6O. The number of hydrogen-bond acceptors (Lipinski definition) is 4. The van der Waals surface area contributed by atoms with Gasteiger partial charge in [-0.25, -0.2) is 0 Å². The fourth-order valence-electron chi connectivity index (χ4n) is 2.91. The van der Waals surface area contributed by atoms with Gasteiger partial charge in [-0.3, -0.25) is 14.7 Å². The summed E-state index contributed by atoms with van der Waals surface area (Å²) in [4.78, 5) is 11.2. The number of rotatable bonds is 5. The normalized spacial score (nSPS) is 18.4. The van der Waals surface area contributed by atoms with E-state index in [0.717, 1.165) is 44.1 Å². The SMILES string of the molecule is CCNC(=NCCc1cccnc1)N1CCOC(c2cnn(C)c2)C1. The van der Waals surface area contributed by atoms with Crippen molar-refractivity contribution in [2.24, 2.45) is 12.0 Å². The lowest BCUT2D eigenvalue weighted by Gasteiger charge is -2.34. The van der Waals surface area contributed by atoms with Crippen LogP contribution in [0.3, 0.4) is 0 Å². The molecule has 1 atom stereocenters. The van der Waals surface area contributed by atoms with Crippen molar-refractivity contribution >= 4 is 5.96 Å². The van der Waals surface area contributed by atoms with E-state index in [9.17, 15) is 0 Å². The minimum absolute atomic E-state index is 0.0321. The maximum Gasteiger partial charge on any atom is 0.194 e. The third-order valence-corrected chi connectivity index (χ3v) is 4.18. The van der Waals surface area contributed by atoms with Crippen molar-refractivity contribution in [2.45, 2.75) is 19.4 Å². The molecule has 1 unspecified atom stereocenters. The summed E-state index contributed by atoms with van der Waals surface area (Å²) in [5, 5.41) is 7.65. The molecule has 1 aliphatic rings. The lowest BCUT2D eigenvalue weighted by Crippen LogP contribution is -2.48. The van der Waals surface area contributed by atoms with E-state index in [1.54, 1.807) is 6.20 Å². The summed E-state index contributed by atoms with van der Waals surface area (Å²) in [5.41, 5.74) is 2.32. The Bertz CT molecular complexity index is 684. The van der Waals surface area contributed by atoms with Crippen LogP contribution in [0.2, 0.25) is 0 Å². The number of nitrogens with zero attached hydrogens (tertiary/aromatic N) is 5. The van der Waals surface area contributed by atoms with Crippen molar-refractivity contribution < 1.29 is 4.74 Å². The van der Waals surface area contributed by atoms with Gasteiger partial charge in [-0.15, -0.1) is 0 Å². The van der Waals surface area contributed by atoms with Crippen LogP contribution < -0.4 is 5.32 Å². The summed E-state index contributed by atoms with van der Waals surface area (Å²) < 4.78 is 7.73. The van der Waals surface area contributed by atoms with Crippen LogP contribution in [-0.4, -0.2) is 58.4 Å². The number of aromatic nitrogens is 3. The van der Waals surface area contributed by atoms with Crippen LogP contribution in [0.1, 0.15) is 24.2 Å². The fraction of sp³-hybridized carbons (Fsp3) is 0.500. The summed E-state index contributed by atoms with van der Waals surface area (Å²) in [5.74, 6) is 0.948. The number of morpholine rings is 1. The Morgan fingerprint density at radius 2 is 2.36 bits per heavy atom. The highest BCUT2D eigenvalue weighted by molar-refractivity contribution is 5.80. The van der Waals surface area contributed by atoms with E-state index < -0.39 is 0 Å². The van der Waals surface area contributed by atoms with E-state index in [0.29, 0.717) is 6.61 Å². The minimum Gasteiger partial charge on any atom is -0.370 e. The smallest absolute Gasteiger partial charge is 0.194 e. The molecule has 0 radical (unpaired) electrons. The molecule has 3 rings (SSSR count). The second kappa shape index (κ2) is 8.62. The van der Waals surface area contributed by atoms with E-state index in [2.05, 4.69) is 33.3 Å². The highest BCUT2D eigenvalue weighted by Gasteiger charge is 2.25. The fourth-order valence-corrected chi connectivity index (χ4v) is 2.91. The zero-order chi connectivity index (χ0) is 17.5. The van der Waals surface area contributed by atoms with Gasteiger partial charge in [0.25, 0.3) is 0 Å². The highest BCUT2D eigenvalue weighted by Crippen LogP contribution is 2.21. The lowest BCUT2D eigenvalue weighted by molar-refractivity contribution is -0.00803. The van der Waals surface area contributed by atoms with Crippen molar-refractivity contribution in [3.05, 3.63) is 48.0 Å². The Kier molecular flexibility index (Phi) is 6.00. The highest BCUT2D eigenvalue weighted by atomic mass is 16.5. The first-order valence-corrected chi connectivity index (χ1v) is 8.78. The summed E-state index contributed by atoms with van der Waals surface area (Å²) in [6.45, 7) is 5.99. The molecular weight excluding hydrogens is 316 g/mol. The summed E-state index contributed by atoms with van der Waals surface area (Å²) in [6.07, 6.45) is 8.50. The first kappa shape index (κ1) is 17.4. The first-order valence-electron chi connectivity index (χ1n) is 8.78. The molecule has 25 heavy (non-hydrogen) atoms. The van der Waals surface area contributed by atoms with E-state index in [1.165, 1.54) is 5.56 Å². The van der Waals surface area contributed by atoms with Gasteiger partial charge in [0.1, 0.15) is 6.10 Å². The summed E-state index contributed by atoms with van der Waals surface area (Å²) in [6, 6.07) is 4.05. The van der Waals surface area contributed by atoms with Gasteiger partial charge >= 0.3 is 0 Å². The van der Waals surface area contributed by atoms with Gasteiger partial charge in [-0.05, 0) is 25.0 Å². The standard InChI is InChI=1S/C18H26N6O/c1-3-20-18(21-8-6-15-5-4-7-19-11-15)24-9-10-25-17(14-24)16-12-22-23(2)13-16/h4-5,7,11-13,17H,3,6,8-10,14H2,1-2H3,(H,20,21). The van der Waals surface area contributed by atoms with Gasteiger partial charge in [0.15, 0.2) is 5.96 Å². The largest absolute Gasteiger partial charge is 0.370 e. The number of aliphatic imine (C=N–C) groups is 1.